The number of nitrogens with zero attached hydrogens (tertiary/aromatic N) is 1. The predicted octanol–water partition coefficient (Wildman–Crippen LogP) is 2.88. The van der Waals surface area contributed by atoms with Crippen molar-refractivity contribution < 1.29 is 9.53 Å². The maximum Gasteiger partial charge on any atom is 0.177 e. The van der Waals surface area contributed by atoms with Gasteiger partial charge in [-0.05, 0) is 49.4 Å². The number of Topliss-reactive ketones (excluding diaryl/α,β-unsaturated/α-hetero) is 1. The second kappa shape index (κ2) is 5.01. The Bertz CT molecular complexity index is 470. The van der Waals surface area contributed by atoms with Gasteiger partial charge in [0.25, 0.3) is 0 Å². The molecule has 0 heterocycles. The molecule has 3 heteroatoms. The third kappa shape index (κ3) is 3.07. The minimum atomic E-state index is -0.126. The van der Waals surface area contributed by atoms with E-state index in [1.54, 1.807) is 12.1 Å². The molecule has 0 unspecified atom stereocenters. The van der Waals surface area contributed by atoms with E-state index in [9.17, 15) is 4.79 Å². The molecule has 88 valence electrons. The zero-order valence-corrected chi connectivity index (χ0v) is 9.90. The Labute approximate surface area is 101 Å². The van der Waals surface area contributed by atoms with E-state index < -0.39 is 0 Å². The molecule has 1 aromatic carbocycles. The fourth-order valence-corrected chi connectivity index (χ4v) is 1.70. The number of ketones is 1. The van der Waals surface area contributed by atoms with Gasteiger partial charge in [0.05, 0.1) is 19.1 Å². The lowest BCUT2D eigenvalue weighted by molar-refractivity contribution is 0.0997. The molecule has 2 rings (SSSR count). The molecule has 0 amide bonds. The highest BCUT2D eigenvalue weighted by molar-refractivity contribution is 5.98. The summed E-state index contributed by atoms with van der Waals surface area (Å²) in [5.74, 6) is 1.40. The molecule has 0 aliphatic heterocycles. The number of carbonyl (C=O) groups is 1. The number of nitriles is 1. The number of aryl methyl sites for hydroxylation is 1. The van der Waals surface area contributed by atoms with Crippen LogP contribution in [0.3, 0.4) is 0 Å². The van der Waals surface area contributed by atoms with Crippen molar-refractivity contribution >= 4 is 5.78 Å². The summed E-state index contributed by atoms with van der Waals surface area (Å²) in [7, 11) is 0. The molecule has 0 atom stereocenters. The van der Waals surface area contributed by atoms with Gasteiger partial charge in [0.15, 0.2) is 5.78 Å². The molecule has 0 saturated heterocycles. The van der Waals surface area contributed by atoms with Gasteiger partial charge < -0.3 is 4.74 Å². The average Bonchev–Trinajstić information content (AvgIpc) is 3.10. The van der Waals surface area contributed by atoms with Crippen LogP contribution >= 0.6 is 0 Å². The highest BCUT2D eigenvalue weighted by Gasteiger charge is 2.22. The van der Waals surface area contributed by atoms with Gasteiger partial charge in [-0.15, -0.1) is 0 Å². The molecule has 1 aliphatic carbocycles. The van der Waals surface area contributed by atoms with Gasteiger partial charge in [-0.3, -0.25) is 4.79 Å². The molecule has 1 aromatic rings. The number of carbonyl (C=O) groups excluding carboxylic acids is 1. The Morgan fingerprint density at radius 2 is 2.29 bits per heavy atom. The number of hydrogen-bond donors (Lipinski definition) is 0. The number of hydrogen-bond acceptors (Lipinski definition) is 3. The van der Waals surface area contributed by atoms with Crippen molar-refractivity contribution in [3.63, 3.8) is 0 Å². The Kier molecular flexibility index (Phi) is 3.43. The summed E-state index contributed by atoms with van der Waals surface area (Å²) in [6.07, 6.45) is 2.46. The third-order valence-corrected chi connectivity index (χ3v) is 2.92. The summed E-state index contributed by atoms with van der Waals surface area (Å²) in [6.45, 7) is 2.64. The van der Waals surface area contributed by atoms with Crippen LogP contribution in [-0.2, 0) is 0 Å². The molecule has 0 spiro atoms. The van der Waals surface area contributed by atoms with Gasteiger partial charge in [0, 0.05) is 5.56 Å². The van der Waals surface area contributed by atoms with Crippen LogP contribution in [0.15, 0.2) is 18.2 Å². The van der Waals surface area contributed by atoms with E-state index in [1.165, 1.54) is 12.8 Å². The second-order valence-electron chi connectivity index (χ2n) is 4.49. The number of rotatable bonds is 5. The van der Waals surface area contributed by atoms with E-state index in [1.807, 2.05) is 19.1 Å². The minimum Gasteiger partial charge on any atom is -0.493 e. The maximum atomic E-state index is 11.6. The smallest absolute Gasteiger partial charge is 0.177 e. The number of ether oxygens (including phenoxy) is 1. The highest BCUT2D eigenvalue weighted by Crippen LogP contribution is 2.30. The van der Waals surface area contributed by atoms with Crippen LogP contribution in [0.2, 0.25) is 0 Å². The van der Waals surface area contributed by atoms with Crippen molar-refractivity contribution in [3.05, 3.63) is 29.3 Å². The molecule has 1 saturated carbocycles. The summed E-state index contributed by atoms with van der Waals surface area (Å²) in [4.78, 5) is 11.6. The van der Waals surface area contributed by atoms with Crippen molar-refractivity contribution in [2.45, 2.75) is 26.2 Å². The molecule has 0 radical (unpaired) electrons. The van der Waals surface area contributed by atoms with E-state index in [4.69, 9.17) is 10.00 Å². The summed E-state index contributed by atoms with van der Waals surface area (Å²) >= 11 is 0. The average molecular weight is 229 g/mol. The summed E-state index contributed by atoms with van der Waals surface area (Å²) in [5.41, 5.74) is 1.49. The molecular weight excluding hydrogens is 214 g/mol. The molecule has 1 fully saturated rings. The van der Waals surface area contributed by atoms with E-state index in [0.717, 1.165) is 23.8 Å². The third-order valence-electron chi connectivity index (χ3n) is 2.92. The Balaban J connectivity index is 2.05. The zero-order chi connectivity index (χ0) is 12.3. The molecule has 0 bridgehead atoms. The van der Waals surface area contributed by atoms with Gasteiger partial charge in [-0.1, -0.05) is 0 Å². The highest BCUT2D eigenvalue weighted by atomic mass is 16.5. The molecular formula is C14H15NO2. The van der Waals surface area contributed by atoms with Crippen LogP contribution in [-0.4, -0.2) is 12.4 Å². The summed E-state index contributed by atoms with van der Waals surface area (Å²) in [6, 6.07) is 7.30. The van der Waals surface area contributed by atoms with Crippen LogP contribution in [0, 0.1) is 24.2 Å². The lowest BCUT2D eigenvalue weighted by Crippen LogP contribution is -2.03. The Morgan fingerprint density at radius 3 is 2.88 bits per heavy atom. The van der Waals surface area contributed by atoms with Gasteiger partial charge in [-0.25, -0.2) is 0 Å². The van der Waals surface area contributed by atoms with E-state index in [2.05, 4.69) is 0 Å². The quantitative estimate of drug-likeness (QED) is 0.729. The van der Waals surface area contributed by atoms with Gasteiger partial charge in [0.2, 0.25) is 0 Å². The lowest BCUT2D eigenvalue weighted by atomic mass is 10.0. The van der Waals surface area contributed by atoms with Crippen LogP contribution < -0.4 is 4.74 Å². The molecule has 1 aliphatic rings. The Hall–Kier alpha value is -1.82. The molecule has 17 heavy (non-hydrogen) atoms. The maximum absolute atomic E-state index is 11.6. The van der Waals surface area contributed by atoms with Gasteiger partial charge in [-0.2, -0.15) is 5.26 Å². The van der Waals surface area contributed by atoms with Crippen molar-refractivity contribution in [3.8, 4) is 11.8 Å². The van der Waals surface area contributed by atoms with Crippen molar-refractivity contribution in [2.24, 2.45) is 5.92 Å². The zero-order valence-electron chi connectivity index (χ0n) is 9.90. The predicted molar refractivity (Wildman–Crippen MR) is 64.0 cm³/mol. The van der Waals surface area contributed by atoms with Gasteiger partial charge >= 0.3 is 0 Å². The molecule has 3 nitrogen and oxygen atoms in total. The van der Waals surface area contributed by atoms with E-state index in [-0.39, 0.29) is 12.2 Å². The van der Waals surface area contributed by atoms with Crippen LogP contribution in [0.5, 0.6) is 5.75 Å². The van der Waals surface area contributed by atoms with Crippen molar-refractivity contribution in [1.29, 1.82) is 5.26 Å². The number of benzene rings is 1. The van der Waals surface area contributed by atoms with Crippen LogP contribution in [0.4, 0.5) is 0 Å². The summed E-state index contributed by atoms with van der Waals surface area (Å²) in [5, 5.41) is 8.50. The standard InChI is InChI=1S/C14H15NO2/c1-10-8-12(17-9-11-2-3-11)4-5-13(10)14(16)6-7-15/h4-5,8,11H,2-3,6,9H2,1H3. The first-order chi connectivity index (χ1) is 8.20. The fraction of sp³-hybridized carbons (Fsp3) is 0.429. The lowest BCUT2D eigenvalue weighted by Gasteiger charge is -2.08. The minimum absolute atomic E-state index is 0.0664. The Morgan fingerprint density at radius 1 is 1.53 bits per heavy atom. The topological polar surface area (TPSA) is 50.1 Å². The van der Waals surface area contributed by atoms with E-state index >= 15 is 0 Å². The summed E-state index contributed by atoms with van der Waals surface area (Å²) < 4.78 is 5.63. The normalized spacial score (nSPS) is 14.1. The van der Waals surface area contributed by atoms with Crippen molar-refractivity contribution in [1.82, 2.24) is 0 Å². The fourth-order valence-electron chi connectivity index (χ4n) is 1.70. The molecule has 0 aromatic heterocycles. The second-order valence-corrected chi connectivity index (χ2v) is 4.49. The first kappa shape index (κ1) is 11.7. The SMILES string of the molecule is Cc1cc(OCC2CC2)ccc1C(=O)CC#N. The van der Waals surface area contributed by atoms with Crippen molar-refractivity contribution in [2.75, 3.05) is 6.61 Å². The van der Waals surface area contributed by atoms with Gasteiger partial charge in [0.1, 0.15) is 5.75 Å². The van der Waals surface area contributed by atoms with Crippen LogP contribution in [0.1, 0.15) is 35.2 Å². The van der Waals surface area contributed by atoms with Crippen LogP contribution in [0.25, 0.3) is 0 Å². The first-order valence-corrected chi connectivity index (χ1v) is 5.84. The first-order valence-electron chi connectivity index (χ1n) is 5.84. The largest absolute Gasteiger partial charge is 0.493 e. The monoisotopic (exact) mass is 229 g/mol. The van der Waals surface area contributed by atoms with E-state index in [0.29, 0.717) is 5.56 Å². The molecule has 0 N–H and O–H groups in total.